The fourth-order valence-corrected chi connectivity index (χ4v) is 2.86. The number of hydrogen-bond acceptors (Lipinski definition) is 4. The molecule has 1 aromatic heterocycles. The van der Waals surface area contributed by atoms with E-state index in [0.717, 1.165) is 23.3 Å². The highest BCUT2D eigenvalue weighted by atomic mass is 32.1. The number of nitrogens with one attached hydrogen (secondary N) is 1. The lowest BCUT2D eigenvalue weighted by molar-refractivity contribution is 0.266. The van der Waals surface area contributed by atoms with Gasteiger partial charge < -0.3 is 10.2 Å². The van der Waals surface area contributed by atoms with E-state index in [9.17, 15) is 0 Å². The van der Waals surface area contributed by atoms with Crippen LogP contribution in [0.15, 0.2) is 5.38 Å². The average Bonchev–Trinajstić information content (AvgIpc) is 2.83. The van der Waals surface area contributed by atoms with E-state index in [-0.39, 0.29) is 0 Å². The number of hydrogen-bond donors (Lipinski definition) is 1. The number of nitrogens with zero attached hydrogens (tertiary/aromatic N) is 2. The zero-order valence-corrected chi connectivity index (χ0v) is 11.2. The smallest absolute Gasteiger partial charge is 0.182 e. The standard InChI is InChI=1S/C12H21N3S/c1-9(2)15-5-4-11(7-15)6-13-12-14-10(3)8-16-12/h8-9,11H,4-7H2,1-3H3,(H,13,14). The second-order valence-corrected chi connectivity index (χ2v) is 5.78. The molecule has 1 saturated heterocycles. The van der Waals surface area contributed by atoms with Crippen LogP contribution in [0.3, 0.4) is 0 Å². The summed E-state index contributed by atoms with van der Waals surface area (Å²) in [7, 11) is 0. The molecule has 0 radical (unpaired) electrons. The van der Waals surface area contributed by atoms with Gasteiger partial charge in [-0.25, -0.2) is 4.98 Å². The minimum absolute atomic E-state index is 0.687. The second kappa shape index (κ2) is 5.15. The van der Waals surface area contributed by atoms with Gasteiger partial charge in [0, 0.05) is 24.5 Å². The SMILES string of the molecule is Cc1csc(NCC2CCN(C(C)C)C2)n1. The zero-order valence-electron chi connectivity index (χ0n) is 10.4. The van der Waals surface area contributed by atoms with Gasteiger partial charge in [0.15, 0.2) is 5.13 Å². The summed E-state index contributed by atoms with van der Waals surface area (Å²) in [6, 6.07) is 0.687. The molecule has 1 N–H and O–H groups in total. The minimum atomic E-state index is 0.687. The molecule has 90 valence electrons. The van der Waals surface area contributed by atoms with Crippen LogP contribution in [0.5, 0.6) is 0 Å². The summed E-state index contributed by atoms with van der Waals surface area (Å²) < 4.78 is 0. The Morgan fingerprint density at radius 3 is 3.00 bits per heavy atom. The van der Waals surface area contributed by atoms with Gasteiger partial charge in [-0.2, -0.15) is 0 Å². The van der Waals surface area contributed by atoms with Crippen molar-refractivity contribution in [1.29, 1.82) is 0 Å². The Hall–Kier alpha value is -0.610. The first kappa shape index (κ1) is 11.9. The Balaban J connectivity index is 1.75. The molecular weight excluding hydrogens is 218 g/mol. The van der Waals surface area contributed by atoms with Crippen molar-refractivity contribution in [2.24, 2.45) is 5.92 Å². The normalized spacial score (nSPS) is 21.9. The molecule has 1 aliphatic heterocycles. The monoisotopic (exact) mass is 239 g/mol. The molecule has 1 aromatic rings. The summed E-state index contributed by atoms with van der Waals surface area (Å²) >= 11 is 1.70. The van der Waals surface area contributed by atoms with Gasteiger partial charge in [0.25, 0.3) is 0 Å². The number of aromatic nitrogens is 1. The summed E-state index contributed by atoms with van der Waals surface area (Å²) in [4.78, 5) is 6.97. The van der Waals surface area contributed by atoms with Crippen molar-refractivity contribution in [1.82, 2.24) is 9.88 Å². The fraction of sp³-hybridized carbons (Fsp3) is 0.750. The van der Waals surface area contributed by atoms with Crippen LogP contribution in [0.1, 0.15) is 26.0 Å². The third-order valence-corrected chi connectivity index (χ3v) is 4.13. The van der Waals surface area contributed by atoms with Gasteiger partial charge in [-0.3, -0.25) is 0 Å². The van der Waals surface area contributed by atoms with Crippen molar-refractivity contribution in [3.8, 4) is 0 Å². The topological polar surface area (TPSA) is 28.2 Å². The van der Waals surface area contributed by atoms with Gasteiger partial charge in [0.1, 0.15) is 0 Å². The predicted molar refractivity (Wildman–Crippen MR) is 70.2 cm³/mol. The molecule has 0 bridgehead atoms. The van der Waals surface area contributed by atoms with Gasteiger partial charge in [0.2, 0.25) is 0 Å². The van der Waals surface area contributed by atoms with Crippen LogP contribution in [0.2, 0.25) is 0 Å². The quantitative estimate of drug-likeness (QED) is 0.875. The fourth-order valence-electron chi connectivity index (χ4n) is 2.17. The van der Waals surface area contributed by atoms with Crippen LogP contribution < -0.4 is 5.32 Å². The van der Waals surface area contributed by atoms with Gasteiger partial charge in [0.05, 0.1) is 5.69 Å². The van der Waals surface area contributed by atoms with E-state index < -0.39 is 0 Å². The van der Waals surface area contributed by atoms with Crippen molar-refractivity contribution < 1.29 is 0 Å². The third kappa shape index (κ3) is 2.95. The van der Waals surface area contributed by atoms with Crippen molar-refractivity contribution in [2.75, 3.05) is 25.0 Å². The van der Waals surface area contributed by atoms with Crippen molar-refractivity contribution >= 4 is 16.5 Å². The zero-order chi connectivity index (χ0) is 11.5. The van der Waals surface area contributed by atoms with E-state index in [1.807, 2.05) is 6.92 Å². The summed E-state index contributed by atoms with van der Waals surface area (Å²) in [5, 5.41) is 6.61. The van der Waals surface area contributed by atoms with E-state index in [1.54, 1.807) is 11.3 Å². The first-order valence-electron chi connectivity index (χ1n) is 6.05. The molecule has 2 rings (SSSR count). The van der Waals surface area contributed by atoms with E-state index in [0.29, 0.717) is 6.04 Å². The van der Waals surface area contributed by atoms with Crippen molar-refractivity contribution in [3.05, 3.63) is 11.1 Å². The Morgan fingerprint density at radius 2 is 2.44 bits per heavy atom. The highest BCUT2D eigenvalue weighted by Crippen LogP contribution is 2.20. The number of aryl methyl sites for hydroxylation is 1. The number of rotatable bonds is 4. The third-order valence-electron chi connectivity index (χ3n) is 3.21. The summed E-state index contributed by atoms with van der Waals surface area (Å²) in [5.74, 6) is 0.784. The van der Waals surface area contributed by atoms with Gasteiger partial charge in [-0.15, -0.1) is 11.3 Å². The molecule has 1 fully saturated rings. The number of likely N-dealkylation sites (tertiary alicyclic amines) is 1. The van der Waals surface area contributed by atoms with Crippen LogP contribution in [0.4, 0.5) is 5.13 Å². The molecule has 0 amide bonds. The minimum Gasteiger partial charge on any atom is -0.361 e. The predicted octanol–water partition coefficient (Wildman–Crippen LogP) is 2.59. The molecule has 0 saturated carbocycles. The second-order valence-electron chi connectivity index (χ2n) is 4.92. The Bertz CT molecular complexity index is 335. The molecule has 0 spiro atoms. The van der Waals surface area contributed by atoms with E-state index in [4.69, 9.17) is 0 Å². The summed E-state index contributed by atoms with van der Waals surface area (Å²) in [6.07, 6.45) is 1.32. The molecule has 16 heavy (non-hydrogen) atoms. The van der Waals surface area contributed by atoms with Crippen LogP contribution in [0, 0.1) is 12.8 Å². The molecule has 4 heteroatoms. The highest BCUT2D eigenvalue weighted by Gasteiger charge is 2.23. The molecule has 3 nitrogen and oxygen atoms in total. The van der Waals surface area contributed by atoms with Gasteiger partial charge in [-0.1, -0.05) is 0 Å². The molecule has 1 atom stereocenters. The van der Waals surface area contributed by atoms with Crippen LogP contribution in [-0.4, -0.2) is 35.6 Å². The maximum Gasteiger partial charge on any atom is 0.182 e. The molecule has 0 aliphatic carbocycles. The molecule has 2 heterocycles. The summed E-state index contributed by atoms with van der Waals surface area (Å²) in [5.41, 5.74) is 1.11. The Labute approximate surface area is 102 Å². The van der Waals surface area contributed by atoms with Crippen LogP contribution >= 0.6 is 11.3 Å². The van der Waals surface area contributed by atoms with Crippen molar-refractivity contribution in [2.45, 2.75) is 33.2 Å². The summed E-state index contributed by atoms with van der Waals surface area (Å²) in [6.45, 7) is 10.1. The maximum atomic E-state index is 4.42. The van der Waals surface area contributed by atoms with E-state index >= 15 is 0 Å². The lowest BCUT2D eigenvalue weighted by Crippen LogP contribution is -2.29. The first-order chi connectivity index (χ1) is 7.65. The molecule has 0 aromatic carbocycles. The number of thiazole rings is 1. The van der Waals surface area contributed by atoms with Gasteiger partial charge in [-0.05, 0) is 39.7 Å². The number of anilines is 1. The molecule has 1 unspecified atom stereocenters. The largest absolute Gasteiger partial charge is 0.361 e. The van der Waals surface area contributed by atoms with Crippen LogP contribution in [-0.2, 0) is 0 Å². The average molecular weight is 239 g/mol. The van der Waals surface area contributed by atoms with E-state index in [2.05, 4.69) is 34.4 Å². The van der Waals surface area contributed by atoms with Crippen LogP contribution in [0.25, 0.3) is 0 Å². The van der Waals surface area contributed by atoms with E-state index in [1.165, 1.54) is 19.5 Å². The van der Waals surface area contributed by atoms with Crippen molar-refractivity contribution in [3.63, 3.8) is 0 Å². The lowest BCUT2D eigenvalue weighted by atomic mass is 10.1. The molecular formula is C12H21N3S. The molecule has 1 aliphatic rings. The first-order valence-corrected chi connectivity index (χ1v) is 6.93. The Morgan fingerprint density at radius 1 is 1.62 bits per heavy atom. The lowest BCUT2D eigenvalue weighted by Gasteiger charge is -2.20. The maximum absolute atomic E-state index is 4.42. The highest BCUT2D eigenvalue weighted by molar-refractivity contribution is 7.13. The van der Waals surface area contributed by atoms with Gasteiger partial charge >= 0.3 is 0 Å². The Kier molecular flexibility index (Phi) is 3.82.